The average molecular weight is 326 g/mol. The highest BCUT2D eigenvalue weighted by molar-refractivity contribution is 5.95. The van der Waals surface area contributed by atoms with Crippen LogP contribution in [0.4, 0.5) is 4.79 Å². The molecule has 0 aliphatic heterocycles. The normalized spacial score (nSPS) is 21.7. The monoisotopic (exact) mass is 326 g/mol. The summed E-state index contributed by atoms with van der Waals surface area (Å²) in [5.74, 6) is -0.461. The predicted molar refractivity (Wildman–Crippen MR) is 87.7 cm³/mol. The van der Waals surface area contributed by atoms with Gasteiger partial charge in [0, 0.05) is 6.04 Å². The zero-order chi connectivity index (χ0) is 17.6. The van der Waals surface area contributed by atoms with Crippen LogP contribution in [0.5, 0.6) is 0 Å². The molecule has 2 N–H and O–H groups in total. The molecular weight excluding hydrogens is 296 g/mol. The first-order chi connectivity index (χ1) is 10.6. The highest BCUT2D eigenvalue weighted by Crippen LogP contribution is 2.40. The summed E-state index contributed by atoms with van der Waals surface area (Å²) >= 11 is 0. The van der Waals surface area contributed by atoms with Gasteiger partial charge in [-0.25, -0.2) is 4.79 Å². The van der Waals surface area contributed by atoms with E-state index in [9.17, 15) is 14.4 Å². The van der Waals surface area contributed by atoms with E-state index in [1.54, 1.807) is 13.8 Å². The molecule has 0 saturated heterocycles. The zero-order valence-electron chi connectivity index (χ0n) is 14.9. The van der Waals surface area contributed by atoms with Gasteiger partial charge in [0.1, 0.15) is 0 Å². The third kappa shape index (κ3) is 7.01. The number of imide groups is 1. The standard InChI is InChI=1S/C17H30N2O4/c1-11(2)18-16(22)19-14(20)10-23-15(21)12-6-8-13(9-7-12)17(3,4)5/h11-13H,6-10H2,1-5H3,(H2,18,19,20,22). The van der Waals surface area contributed by atoms with Crippen molar-refractivity contribution in [1.82, 2.24) is 10.6 Å². The molecule has 1 fully saturated rings. The smallest absolute Gasteiger partial charge is 0.321 e. The van der Waals surface area contributed by atoms with Gasteiger partial charge in [0.15, 0.2) is 6.61 Å². The number of urea groups is 1. The third-order valence-electron chi connectivity index (χ3n) is 4.30. The van der Waals surface area contributed by atoms with Crippen molar-refractivity contribution in [1.29, 1.82) is 0 Å². The predicted octanol–water partition coefficient (Wildman–Crippen LogP) is 2.62. The molecule has 0 aromatic carbocycles. The van der Waals surface area contributed by atoms with E-state index in [-0.39, 0.29) is 23.3 Å². The van der Waals surface area contributed by atoms with Crippen LogP contribution < -0.4 is 10.6 Å². The van der Waals surface area contributed by atoms with Crippen LogP contribution in [0.2, 0.25) is 0 Å². The van der Waals surface area contributed by atoms with E-state index in [2.05, 4.69) is 31.4 Å². The van der Waals surface area contributed by atoms with Crippen LogP contribution >= 0.6 is 0 Å². The molecule has 0 bridgehead atoms. The van der Waals surface area contributed by atoms with Crippen molar-refractivity contribution >= 4 is 17.9 Å². The largest absolute Gasteiger partial charge is 0.455 e. The van der Waals surface area contributed by atoms with E-state index >= 15 is 0 Å². The zero-order valence-corrected chi connectivity index (χ0v) is 14.9. The number of nitrogens with one attached hydrogen (secondary N) is 2. The van der Waals surface area contributed by atoms with E-state index in [1.807, 2.05) is 0 Å². The van der Waals surface area contributed by atoms with Crippen LogP contribution in [0, 0.1) is 17.3 Å². The maximum atomic E-state index is 12.0. The van der Waals surface area contributed by atoms with Crippen molar-refractivity contribution in [2.75, 3.05) is 6.61 Å². The minimum Gasteiger partial charge on any atom is -0.455 e. The lowest BCUT2D eigenvalue weighted by atomic mass is 9.70. The fourth-order valence-electron chi connectivity index (χ4n) is 2.91. The lowest BCUT2D eigenvalue weighted by Gasteiger charge is -2.36. The van der Waals surface area contributed by atoms with Crippen molar-refractivity contribution in [3.8, 4) is 0 Å². The fraction of sp³-hybridized carbons (Fsp3) is 0.824. The Morgan fingerprint density at radius 1 is 1.09 bits per heavy atom. The second-order valence-electron chi connectivity index (χ2n) is 7.70. The van der Waals surface area contributed by atoms with Gasteiger partial charge < -0.3 is 10.1 Å². The van der Waals surface area contributed by atoms with Gasteiger partial charge in [-0.15, -0.1) is 0 Å². The number of amides is 3. The maximum Gasteiger partial charge on any atom is 0.321 e. The summed E-state index contributed by atoms with van der Waals surface area (Å²) in [6.45, 7) is 9.84. The van der Waals surface area contributed by atoms with Gasteiger partial charge in [-0.05, 0) is 50.9 Å². The van der Waals surface area contributed by atoms with Crippen molar-refractivity contribution < 1.29 is 19.1 Å². The van der Waals surface area contributed by atoms with Gasteiger partial charge in [-0.3, -0.25) is 14.9 Å². The van der Waals surface area contributed by atoms with Crippen molar-refractivity contribution in [3.63, 3.8) is 0 Å². The molecule has 0 heterocycles. The van der Waals surface area contributed by atoms with E-state index in [4.69, 9.17) is 4.74 Å². The Morgan fingerprint density at radius 3 is 2.13 bits per heavy atom. The molecule has 0 unspecified atom stereocenters. The van der Waals surface area contributed by atoms with Crippen LogP contribution in [0.15, 0.2) is 0 Å². The van der Waals surface area contributed by atoms with E-state index in [0.29, 0.717) is 5.92 Å². The molecule has 3 amide bonds. The molecule has 0 radical (unpaired) electrons. The van der Waals surface area contributed by atoms with Gasteiger partial charge in [-0.2, -0.15) is 0 Å². The number of carbonyl (C=O) groups excluding carboxylic acids is 3. The lowest BCUT2D eigenvalue weighted by molar-refractivity contribution is -0.153. The maximum absolute atomic E-state index is 12.0. The summed E-state index contributed by atoms with van der Waals surface area (Å²) in [5, 5.41) is 4.66. The van der Waals surface area contributed by atoms with Crippen LogP contribution in [0.3, 0.4) is 0 Å². The van der Waals surface area contributed by atoms with Gasteiger partial charge in [-0.1, -0.05) is 20.8 Å². The van der Waals surface area contributed by atoms with Gasteiger partial charge in [0.2, 0.25) is 0 Å². The topological polar surface area (TPSA) is 84.5 Å². The summed E-state index contributed by atoms with van der Waals surface area (Å²) in [6, 6.07) is -0.643. The number of carbonyl (C=O) groups is 3. The molecule has 1 rings (SSSR count). The van der Waals surface area contributed by atoms with Crippen molar-refractivity contribution in [3.05, 3.63) is 0 Å². The second-order valence-corrected chi connectivity index (χ2v) is 7.70. The molecule has 132 valence electrons. The Bertz CT molecular complexity index is 432. The summed E-state index contributed by atoms with van der Waals surface area (Å²) in [4.78, 5) is 34.9. The Labute approximate surface area is 138 Å². The second kappa shape index (κ2) is 8.31. The molecular formula is C17H30N2O4. The first kappa shape index (κ1) is 19.5. The van der Waals surface area contributed by atoms with Crippen LogP contribution in [0.25, 0.3) is 0 Å². The molecule has 1 aliphatic rings. The molecule has 0 aromatic heterocycles. The number of hydrogen-bond acceptors (Lipinski definition) is 4. The summed E-state index contributed by atoms with van der Waals surface area (Å²) in [5.41, 5.74) is 0.262. The van der Waals surface area contributed by atoms with Crippen LogP contribution in [-0.2, 0) is 14.3 Å². The Balaban J connectivity index is 2.30. The first-order valence-corrected chi connectivity index (χ1v) is 8.36. The number of hydrogen-bond donors (Lipinski definition) is 2. The third-order valence-corrected chi connectivity index (χ3v) is 4.30. The van der Waals surface area contributed by atoms with Crippen LogP contribution in [-0.4, -0.2) is 30.6 Å². The summed E-state index contributed by atoms with van der Waals surface area (Å²) < 4.78 is 5.04. The van der Waals surface area contributed by atoms with Gasteiger partial charge in [0.25, 0.3) is 5.91 Å². The number of esters is 1. The average Bonchev–Trinajstić information content (AvgIpc) is 2.43. The minimum absolute atomic E-state index is 0.0663. The minimum atomic E-state index is -0.611. The molecule has 6 nitrogen and oxygen atoms in total. The van der Waals surface area contributed by atoms with E-state index in [1.165, 1.54) is 0 Å². The molecule has 1 aliphatic carbocycles. The fourth-order valence-corrected chi connectivity index (χ4v) is 2.91. The molecule has 0 aromatic rings. The van der Waals surface area contributed by atoms with Crippen molar-refractivity contribution in [2.24, 2.45) is 17.3 Å². The van der Waals surface area contributed by atoms with E-state index < -0.39 is 18.5 Å². The number of ether oxygens (including phenoxy) is 1. The lowest BCUT2D eigenvalue weighted by Crippen LogP contribution is -2.44. The quantitative estimate of drug-likeness (QED) is 0.778. The molecule has 6 heteroatoms. The Hall–Kier alpha value is -1.59. The Morgan fingerprint density at radius 2 is 1.65 bits per heavy atom. The van der Waals surface area contributed by atoms with Gasteiger partial charge >= 0.3 is 12.0 Å². The highest BCUT2D eigenvalue weighted by Gasteiger charge is 2.33. The van der Waals surface area contributed by atoms with Gasteiger partial charge in [0.05, 0.1) is 5.92 Å². The van der Waals surface area contributed by atoms with Crippen LogP contribution in [0.1, 0.15) is 60.3 Å². The molecule has 0 spiro atoms. The van der Waals surface area contributed by atoms with E-state index in [0.717, 1.165) is 25.7 Å². The molecule has 0 atom stereocenters. The first-order valence-electron chi connectivity index (χ1n) is 8.36. The Kier molecular flexibility index (Phi) is 7.03. The summed E-state index contributed by atoms with van der Waals surface area (Å²) in [6.07, 6.45) is 3.62. The van der Waals surface area contributed by atoms with Crippen molar-refractivity contribution in [2.45, 2.75) is 66.3 Å². The summed E-state index contributed by atoms with van der Waals surface area (Å²) in [7, 11) is 0. The molecule has 1 saturated carbocycles. The highest BCUT2D eigenvalue weighted by atomic mass is 16.5. The molecule has 23 heavy (non-hydrogen) atoms. The SMILES string of the molecule is CC(C)NC(=O)NC(=O)COC(=O)C1CCC(C(C)(C)C)CC1. The number of rotatable bonds is 4.